The molecule has 3 rings (SSSR count). The van der Waals surface area contributed by atoms with E-state index in [1.165, 1.54) is 0 Å². The number of ketones is 1. The first kappa shape index (κ1) is 17.5. The van der Waals surface area contributed by atoms with E-state index >= 15 is 0 Å². The van der Waals surface area contributed by atoms with Crippen LogP contribution in [0.4, 0.5) is 5.69 Å². The van der Waals surface area contributed by atoms with E-state index in [1.54, 1.807) is 30.7 Å². The minimum absolute atomic E-state index is 0.00368. The van der Waals surface area contributed by atoms with Gasteiger partial charge in [0.05, 0.1) is 17.4 Å². The van der Waals surface area contributed by atoms with E-state index in [2.05, 4.69) is 5.10 Å². The Morgan fingerprint density at radius 2 is 1.65 bits per heavy atom. The van der Waals surface area contributed by atoms with Crippen LogP contribution in [0.5, 0.6) is 0 Å². The van der Waals surface area contributed by atoms with E-state index in [4.69, 9.17) is 0 Å². The van der Waals surface area contributed by atoms with Crippen molar-refractivity contribution < 1.29 is 9.72 Å². The lowest BCUT2D eigenvalue weighted by Crippen LogP contribution is -2.20. The van der Waals surface area contributed by atoms with Crippen LogP contribution in [-0.4, -0.2) is 20.5 Å². The Morgan fingerprint density at radius 3 is 2.19 bits per heavy atom. The molecule has 6 heteroatoms. The van der Waals surface area contributed by atoms with Crippen LogP contribution in [0.25, 0.3) is 0 Å². The number of hydrogen-bond donors (Lipinski definition) is 0. The van der Waals surface area contributed by atoms with Gasteiger partial charge in [-0.25, -0.2) is 0 Å². The van der Waals surface area contributed by atoms with E-state index in [-0.39, 0.29) is 18.0 Å². The fraction of sp³-hybridized carbons (Fsp3) is 0.200. The van der Waals surface area contributed by atoms with Crippen molar-refractivity contribution in [3.63, 3.8) is 0 Å². The molecule has 0 bridgehead atoms. The summed E-state index contributed by atoms with van der Waals surface area (Å²) < 4.78 is 1.56. The first-order valence-corrected chi connectivity index (χ1v) is 8.31. The number of carbonyl (C=O) groups is 1. The molecule has 0 saturated heterocycles. The summed E-state index contributed by atoms with van der Waals surface area (Å²) in [5.74, 6) is -0.511. The normalized spacial score (nSPS) is 11.9. The Labute approximate surface area is 151 Å². The molecule has 1 aromatic heterocycles. The van der Waals surface area contributed by atoms with Crippen LogP contribution in [0.2, 0.25) is 0 Å². The summed E-state index contributed by atoms with van der Waals surface area (Å²) in [5, 5.41) is 15.5. The number of Topliss-reactive ketones (excluding diaryl/α,β-unsaturated/α-hetero) is 1. The highest BCUT2D eigenvalue weighted by Gasteiger charge is 2.27. The molecule has 2 aromatic carbocycles. The average Bonchev–Trinajstić information content (AvgIpc) is 2.94. The van der Waals surface area contributed by atoms with Crippen molar-refractivity contribution in [3.05, 3.63) is 93.3 Å². The summed E-state index contributed by atoms with van der Waals surface area (Å²) >= 11 is 0. The largest absolute Gasteiger partial charge is 0.312 e. The number of hydrogen-bond acceptors (Lipinski definition) is 4. The molecule has 26 heavy (non-hydrogen) atoms. The molecule has 0 aliphatic carbocycles. The van der Waals surface area contributed by atoms with Gasteiger partial charge in [-0.3, -0.25) is 19.6 Å². The number of nitrogens with zero attached hydrogens (tertiary/aromatic N) is 3. The number of benzene rings is 2. The lowest BCUT2D eigenvalue weighted by molar-refractivity contribution is -0.386. The van der Waals surface area contributed by atoms with E-state index in [0.717, 1.165) is 5.56 Å². The van der Waals surface area contributed by atoms with Gasteiger partial charge in [0, 0.05) is 5.56 Å². The molecule has 0 aliphatic heterocycles. The maximum atomic E-state index is 13.1. The Balaban J connectivity index is 2.02. The maximum Gasteiger partial charge on any atom is 0.312 e. The highest BCUT2D eigenvalue weighted by molar-refractivity contribution is 6.00. The van der Waals surface area contributed by atoms with Gasteiger partial charge >= 0.3 is 5.69 Å². The van der Waals surface area contributed by atoms with Gasteiger partial charge in [-0.2, -0.15) is 5.10 Å². The first-order valence-electron chi connectivity index (χ1n) is 8.31. The predicted octanol–water partition coefficient (Wildman–Crippen LogP) is 4.07. The molecule has 0 radical (unpaired) electrons. The van der Waals surface area contributed by atoms with Gasteiger partial charge in [0.1, 0.15) is 11.4 Å². The predicted molar refractivity (Wildman–Crippen MR) is 98.3 cm³/mol. The Hall–Kier alpha value is -3.28. The lowest BCUT2D eigenvalue weighted by Gasteiger charge is -2.17. The molecule has 0 spiro atoms. The van der Waals surface area contributed by atoms with Crippen LogP contribution >= 0.6 is 0 Å². The number of aromatic nitrogens is 2. The maximum absolute atomic E-state index is 13.1. The van der Waals surface area contributed by atoms with E-state index in [0.29, 0.717) is 17.0 Å². The van der Waals surface area contributed by atoms with Gasteiger partial charge in [0.15, 0.2) is 5.78 Å². The molecule has 0 fully saturated rings. The Kier molecular flexibility index (Phi) is 4.93. The quantitative estimate of drug-likeness (QED) is 0.382. The van der Waals surface area contributed by atoms with Crippen molar-refractivity contribution in [2.75, 3.05) is 0 Å². The van der Waals surface area contributed by atoms with Crippen LogP contribution < -0.4 is 0 Å². The van der Waals surface area contributed by atoms with Gasteiger partial charge in [-0.05, 0) is 19.4 Å². The highest BCUT2D eigenvalue weighted by Crippen LogP contribution is 2.27. The van der Waals surface area contributed by atoms with Crippen LogP contribution in [0.3, 0.4) is 0 Å². The Morgan fingerprint density at radius 1 is 1.08 bits per heavy atom. The zero-order valence-electron chi connectivity index (χ0n) is 14.6. The highest BCUT2D eigenvalue weighted by atomic mass is 16.6. The van der Waals surface area contributed by atoms with Gasteiger partial charge in [-0.1, -0.05) is 60.7 Å². The minimum Gasteiger partial charge on any atom is -0.293 e. The van der Waals surface area contributed by atoms with Crippen molar-refractivity contribution in [1.29, 1.82) is 0 Å². The van der Waals surface area contributed by atoms with Crippen molar-refractivity contribution in [2.24, 2.45) is 0 Å². The molecule has 0 saturated carbocycles. The molecule has 3 aromatic rings. The molecule has 1 unspecified atom stereocenters. The SMILES string of the molecule is Cc1nn(CC(C(=O)c2ccccc2)c2ccccc2)c(C)c1[N+](=O)[O-]. The van der Waals surface area contributed by atoms with Crippen LogP contribution in [0.1, 0.15) is 33.2 Å². The monoisotopic (exact) mass is 349 g/mol. The standard InChI is InChI=1S/C20H19N3O3/c1-14-19(23(25)26)15(2)22(21-14)13-18(16-9-5-3-6-10-16)20(24)17-11-7-4-8-12-17/h3-12,18H,13H2,1-2H3. The molecule has 0 aliphatic rings. The zero-order valence-corrected chi connectivity index (χ0v) is 14.6. The molecule has 0 amide bonds. The van der Waals surface area contributed by atoms with Crippen molar-refractivity contribution >= 4 is 11.5 Å². The second-order valence-corrected chi connectivity index (χ2v) is 6.15. The summed E-state index contributed by atoms with van der Waals surface area (Å²) in [4.78, 5) is 23.9. The second kappa shape index (κ2) is 7.31. The van der Waals surface area contributed by atoms with Crippen LogP contribution in [0.15, 0.2) is 60.7 Å². The smallest absolute Gasteiger partial charge is 0.293 e. The third kappa shape index (κ3) is 3.39. The molecule has 1 atom stereocenters. The summed E-state index contributed by atoms with van der Waals surface area (Å²) in [7, 11) is 0. The van der Waals surface area contributed by atoms with Crippen molar-refractivity contribution in [2.45, 2.75) is 26.3 Å². The van der Waals surface area contributed by atoms with Crippen molar-refractivity contribution in [1.82, 2.24) is 9.78 Å². The van der Waals surface area contributed by atoms with Gasteiger partial charge in [-0.15, -0.1) is 0 Å². The number of carbonyl (C=O) groups excluding carboxylic acids is 1. The summed E-state index contributed by atoms with van der Waals surface area (Å²) in [6.45, 7) is 3.52. The summed E-state index contributed by atoms with van der Waals surface area (Å²) in [6, 6.07) is 18.5. The van der Waals surface area contributed by atoms with Crippen LogP contribution in [0, 0.1) is 24.0 Å². The lowest BCUT2D eigenvalue weighted by atomic mass is 9.90. The van der Waals surface area contributed by atoms with Gasteiger partial charge in [0.2, 0.25) is 0 Å². The molecule has 132 valence electrons. The molecular weight excluding hydrogens is 330 g/mol. The summed E-state index contributed by atoms with van der Waals surface area (Å²) in [6.07, 6.45) is 0. The molecule has 0 N–H and O–H groups in total. The molecule has 1 heterocycles. The first-order chi connectivity index (χ1) is 12.5. The van der Waals surface area contributed by atoms with Gasteiger partial charge in [0.25, 0.3) is 0 Å². The second-order valence-electron chi connectivity index (χ2n) is 6.15. The van der Waals surface area contributed by atoms with E-state index in [1.807, 2.05) is 48.5 Å². The average molecular weight is 349 g/mol. The van der Waals surface area contributed by atoms with E-state index in [9.17, 15) is 14.9 Å². The zero-order chi connectivity index (χ0) is 18.7. The third-order valence-electron chi connectivity index (χ3n) is 4.46. The number of rotatable bonds is 6. The Bertz CT molecular complexity index is 934. The van der Waals surface area contributed by atoms with Crippen LogP contribution in [-0.2, 0) is 6.54 Å². The molecule has 6 nitrogen and oxygen atoms in total. The summed E-state index contributed by atoms with van der Waals surface area (Å²) in [5.41, 5.74) is 2.28. The molecular formula is C20H19N3O3. The number of nitro groups is 1. The minimum atomic E-state index is -0.476. The third-order valence-corrected chi connectivity index (χ3v) is 4.46. The fourth-order valence-corrected chi connectivity index (χ4v) is 3.13. The van der Waals surface area contributed by atoms with Gasteiger partial charge < -0.3 is 0 Å². The number of aryl methyl sites for hydroxylation is 1. The van der Waals surface area contributed by atoms with E-state index < -0.39 is 10.8 Å². The topological polar surface area (TPSA) is 78.0 Å². The fourth-order valence-electron chi connectivity index (χ4n) is 3.13. The van der Waals surface area contributed by atoms with Crippen molar-refractivity contribution in [3.8, 4) is 0 Å².